The molecule has 112 heavy (non-hydrogen) atoms. The summed E-state index contributed by atoms with van der Waals surface area (Å²) in [6, 6.07) is -1.58. The second-order valence-corrected chi connectivity index (χ2v) is 34.4. The molecule has 20 heteroatoms. The molecule has 19 nitrogen and oxygen atoms in total. The first kappa shape index (κ1) is 107. The van der Waals surface area contributed by atoms with Gasteiger partial charge in [0.2, 0.25) is 11.8 Å². The zero-order valence-corrected chi connectivity index (χ0v) is 73.9. The van der Waals surface area contributed by atoms with Crippen LogP contribution in [0, 0.1) is 0 Å². The number of phosphoric acid groups is 1. The summed E-state index contributed by atoms with van der Waals surface area (Å²) in [6.07, 6.45) is 58.1. The van der Waals surface area contributed by atoms with Crippen LogP contribution in [0.25, 0.3) is 0 Å². The topological polar surface area (TPSA) is 269 Å². The monoisotopic (exact) mass is 1610 g/mol. The molecule has 660 valence electrons. The molecule has 5 N–H and O–H groups in total. The van der Waals surface area contributed by atoms with Crippen molar-refractivity contribution in [1.82, 2.24) is 10.6 Å². The van der Waals surface area contributed by atoms with Crippen LogP contribution in [0.2, 0.25) is 0 Å². The highest BCUT2D eigenvalue weighted by Gasteiger charge is 2.52. The van der Waals surface area contributed by atoms with Gasteiger partial charge >= 0.3 is 31.7 Å². The maximum absolute atomic E-state index is 14.9. The lowest BCUT2D eigenvalue weighted by molar-refractivity contribution is -0.270. The lowest BCUT2D eigenvalue weighted by Crippen LogP contribution is -2.66. The van der Waals surface area contributed by atoms with E-state index in [4.69, 9.17) is 32.9 Å². The highest BCUT2D eigenvalue weighted by atomic mass is 31.2. The molecule has 1 fully saturated rings. The predicted molar refractivity (Wildman–Crippen MR) is 456 cm³/mol. The van der Waals surface area contributed by atoms with E-state index in [1.165, 1.54) is 212 Å². The first-order valence-electron chi connectivity index (χ1n) is 47.5. The molecule has 0 spiro atoms. The third-order valence-corrected chi connectivity index (χ3v) is 22.9. The van der Waals surface area contributed by atoms with Gasteiger partial charge in [-0.05, 0) is 57.8 Å². The van der Waals surface area contributed by atoms with Crippen molar-refractivity contribution in [1.29, 1.82) is 0 Å². The van der Waals surface area contributed by atoms with Crippen LogP contribution in [0.3, 0.4) is 0 Å². The van der Waals surface area contributed by atoms with Crippen LogP contribution in [0.5, 0.6) is 0 Å². The minimum atomic E-state index is -5.48. The molecule has 1 heterocycles. The van der Waals surface area contributed by atoms with E-state index in [0.29, 0.717) is 44.9 Å². The van der Waals surface area contributed by atoms with Gasteiger partial charge in [-0.25, -0.2) is 4.57 Å². The van der Waals surface area contributed by atoms with Crippen LogP contribution < -0.4 is 10.6 Å². The highest BCUT2D eigenvalue weighted by molar-refractivity contribution is 7.46. The van der Waals surface area contributed by atoms with Gasteiger partial charge in [0.15, 0.2) is 12.4 Å². The number of rotatable bonds is 84. The smallest absolute Gasteiger partial charge is 0.462 e. The molecule has 0 aliphatic carbocycles. The number of hydrogen-bond acceptors (Lipinski definition) is 15. The van der Waals surface area contributed by atoms with Crippen molar-refractivity contribution in [3.63, 3.8) is 0 Å². The van der Waals surface area contributed by atoms with E-state index in [1.54, 1.807) is 0 Å². The molecular weight excluding hydrogens is 1440 g/mol. The van der Waals surface area contributed by atoms with Crippen LogP contribution in [-0.2, 0) is 66.3 Å². The van der Waals surface area contributed by atoms with Gasteiger partial charge in [-0.3, -0.25) is 33.3 Å². The maximum atomic E-state index is 14.9. The predicted octanol–water partition coefficient (Wildman–Crippen LogP) is 24.5. The van der Waals surface area contributed by atoms with E-state index in [9.17, 15) is 48.2 Å². The van der Waals surface area contributed by atoms with Gasteiger partial charge in [0.1, 0.15) is 36.6 Å². The number of carbonyl (C=O) groups excluding carboxylic acids is 6. The number of ether oxygens (including phenoxy) is 6. The van der Waals surface area contributed by atoms with Crippen molar-refractivity contribution in [3.8, 4) is 0 Å². The van der Waals surface area contributed by atoms with E-state index in [-0.39, 0.29) is 57.1 Å². The summed E-state index contributed by atoms with van der Waals surface area (Å²) in [5, 5.41) is 16.8. The lowest BCUT2D eigenvalue weighted by Gasteiger charge is -2.45. The SMILES string of the molecule is CCCCCCCCCCCCCC(=O)O[C@H](CCCCCCCCCCC)CC(=O)NCCO[C@@H]1OC(CO)[C@@H](OP(=O)(O)O)C(OC(=O)C[C@@H](CCCCCCCCCCC)OC(=O)CCCCCCCCCCCCC)C1NC(=O)C[C@@H](CCCCCCCCCCC)OC(=O)CCCCCCCCCCCCC. The van der Waals surface area contributed by atoms with Crippen molar-refractivity contribution >= 4 is 43.5 Å². The van der Waals surface area contributed by atoms with E-state index in [2.05, 4.69) is 52.2 Å². The van der Waals surface area contributed by atoms with E-state index in [1.807, 2.05) is 0 Å². The Morgan fingerprint density at radius 3 is 0.902 bits per heavy atom. The normalized spacial score (nSPS) is 16.6. The number of aliphatic hydroxyl groups excluding tert-OH is 1. The number of hydrogen-bond donors (Lipinski definition) is 5. The third-order valence-electron chi connectivity index (χ3n) is 22.3. The fourth-order valence-corrected chi connectivity index (χ4v) is 16.0. The van der Waals surface area contributed by atoms with Crippen LogP contribution in [0.4, 0.5) is 0 Å². The molecule has 0 bridgehead atoms. The van der Waals surface area contributed by atoms with Gasteiger partial charge in [-0.1, -0.05) is 388 Å². The van der Waals surface area contributed by atoms with Gasteiger partial charge in [0.05, 0.1) is 32.5 Å². The van der Waals surface area contributed by atoms with Gasteiger partial charge < -0.3 is 53.9 Å². The average Bonchev–Trinajstić information content (AvgIpc) is 0.781. The summed E-state index contributed by atoms with van der Waals surface area (Å²) in [5.41, 5.74) is 0. The Bertz CT molecular complexity index is 2240. The second kappa shape index (κ2) is 77.7. The Hall–Kier alpha value is -3.19. The van der Waals surface area contributed by atoms with Gasteiger partial charge in [0.25, 0.3) is 0 Å². The van der Waals surface area contributed by atoms with Crippen molar-refractivity contribution in [2.45, 2.75) is 534 Å². The van der Waals surface area contributed by atoms with Crippen molar-refractivity contribution in [2.24, 2.45) is 0 Å². The zero-order valence-electron chi connectivity index (χ0n) is 73.0. The molecule has 2 amide bonds. The molecule has 0 aromatic carbocycles. The van der Waals surface area contributed by atoms with E-state index < -0.39 is 93.6 Å². The number of amides is 2. The Balaban J connectivity index is 3.68. The van der Waals surface area contributed by atoms with E-state index >= 15 is 0 Å². The molecule has 1 aliphatic heterocycles. The van der Waals surface area contributed by atoms with Gasteiger partial charge in [-0.15, -0.1) is 0 Å². The molecule has 1 saturated heterocycles. The summed E-state index contributed by atoms with van der Waals surface area (Å²) in [4.78, 5) is 106. The Kier molecular flexibility index (Phi) is 74.1. The van der Waals surface area contributed by atoms with Crippen molar-refractivity contribution in [2.75, 3.05) is 19.8 Å². The minimum absolute atomic E-state index is 0.0789. The van der Waals surface area contributed by atoms with Crippen LogP contribution in [0.15, 0.2) is 0 Å². The lowest BCUT2D eigenvalue weighted by atomic mass is 9.96. The average molecular weight is 1610 g/mol. The molecule has 8 atom stereocenters. The Labute approximate surface area is 685 Å². The molecule has 0 aromatic heterocycles. The Morgan fingerprint density at radius 1 is 0.348 bits per heavy atom. The number of carbonyl (C=O) groups is 6. The molecule has 1 rings (SSSR count). The molecule has 1 aliphatic rings. The molecule has 0 aromatic rings. The minimum Gasteiger partial charge on any atom is -0.462 e. The Morgan fingerprint density at radius 2 is 0.616 bits per heavy atom. The van der Waals surface area contributed by atoms with Crippen LogP contribution in [-0.4, -0.2) is 119 Å². The maximum Gasteiger partial charge on any atom is 0.470 e. The molecule has 0 radical (unpaired) electrons. The van der Waals surface area contributed by atoms with Gasteiger partial charge in [0, 0.05) is 25.8 Å². The first-order valence-corrected chi connectivity index (χ1v) is 49.0. The number of aliphatic hydroxyl groups is 1. The fraction of sp³-hybridized carbons (Fsp3) is 0.935. The highest BCUT2D eigenvalue weighted by Crippen LogP contribution is 2.42. The number of unbranched alkanes of at least 4 members (excludes halogenated alkanes) is 54. The largest absolute Gasteiger partial charge is 0.470 e. The first-order chi connectivity index (χ1) is 54.5. The van der Waals surface area contributed by atoms with Crippen LogP contribution in [0.1, 0.15) is 485 Å². The second-order valence-electron chi connectivity index (χ2n) is 33.2. The van der Waals surface area contributed by atoms with Gasteiger partial charge in [-0.2, -0.15) is 0 Å². The quantitative estimate of drug-likeness (QED) is 0.0164. The van der Waals surface area contributed by atoms with Crippen molar-refractivity contribution < 1.29 is 81.2 Å². The fourth-order valence-electron chi connectivity index (χ4n) is 15.4. The summed E-state index contributed by atoms with van der Waals surface area (Å²) >= 11 is 0. The summed E-state index contributed by atoms with van der Waals surface area (Å²) in [6.45, 7) is 12.0. The number of nitrogens with one attached hydrogen (secondary N) is 2. The zero-order chi connectivity index (χ0) is 81.9. The van der Waals surface area contributed by atoms with E-state index in [0.717, 1.165) is 148 Å². The molecular formula is C92H175N2O17P. The number of phosphoric ester groups is 1. The van der Waals surface area contributed by atoms with Crippen LogP contribution >= 0.6 is 7.82 Å². The summed E-state index contributed by atoms with van der Waals surface area (Å²) in [5.74, 6) is -3.15. The standard InChI is InChI=1S/C92H175N2O17P/c1-7-13-19-25-31-37-40-46-52-58-64-70-85(98)106-79(67-61-55-49-43-34-28-22-16-10-4)75-83(96)93-73-74-105-92-89(94-84(97)76-80(68-62-56-50-44-35-29-23-17-11-5)107-86(99)71-65-59-53-47-41-38-32-26-20-14-8-2)91(90(82(78-95)109-92)111-112(102,103)104)110-88(101)77-81(69-63-57-51-45-36-30-24-18-12-6)108-87(100)72-66-60-54-48-42-39-33-27-21-15-9-3/h79-82,89-92,95H,7-78H2,1-6H3,(H,93,96)(H,94,97)(H2,102,103,104)/t79-,80-,81-,82?,89?,90-,91?,92-/m1/s1. The molecule has 3 unspecified atom stereocenters. The summed E-state index contributed by atoms with van der Waals surface area (Å²) in [7, 11) is -5.48. The van der Waals surface area contributed by atoms with Crippen molar-refractivity contribution in [3.05, 3.63) is 0 Å². The molecule has 0 saturated carbocycles. The number of esters is 4. The summed E-state index contributed by atoms with van der Waals surface area (Å²) < 4.78 is 55.7. The third kappa shape index (κ3) is 65.8.